The number of furan rings is 1. The molecule has 0 spiro atoms. The lowest BCUT2D eigenvalue weighted by atomic mass is 10.4. The molecule has 0 bridgehead atoms. The van der Waals surface area contributed by atoms with E-state index in [0.29, 0.717) is 12.4 Å². The van der Waals surface area contributed by atoms with E-state index in [9.17, 15) is 8.42 Å². The maximum Gasteiger partial charge on any atom is 0.247 e. The summed E-state index contributed by atoms with van der Waals surface area (Å²) in [5, 5.41) is 0. The van der Waals surface area contributed by atoms with Crippen LogP contribution in [-0.2, 0) is 21.3 Å². The molecule has 0 radical (unpaired) electrons. The van der Waals surface area contributed by atoms with Crippen molar-refractivity contribution in [3.63, 3.8) is 0 Å². The maximum absolute atomic E-state index is 12.3. The fraction of sp³-hybridized carbons (Fsp3) is 0.600. The quantitative estimate of drug-likeness (QED) is 0.839. The Bertz CT molecular complexity index is 500. The van der Waals surface area contributed by atoms with Crippen LogP contribution in [0.4, 0.5) is 0 Å². The van der Waals surface area contributed by atoms with Gasteiger partial charge in [0.25, 0.3) is 0 Å². The normalized spacial score (nSPS) is 14.1. The first-order valence-corrected chi connectivity index (χ1v) is 7.53. The van der Waals surface area contributed by atoms with Crippen LogP contribution in [0.25, 0.3) is 0 Å². The van der Waals surface area contributed by atoms with E-state index < -0.39 is 10.0 Å². The summed E-state index contributed by atoms with van der Waals surface area (Å²) in [6, 6.07) is 1.15. The van der Waals surface area contributed by atoms with E-state index in [1.807, 2.05) is 0 Å². The summed E-state index contributed by atoms with van der Waals surface area (Å²) in [6.07, 6.45) is 0. The molecule has 104 valence electrons. The Morgan fingerprint density at radius 2 is 2.22 bits per heavy atom. The Labute approximate surface area is 115 Å². The Morgan fingerprint density at radius 3 is 2.67 bits per heavy atom. The van der Waals surface area contributed by atoms with Gasteiger partial charge in [-0.05, 0) is 22.9 Å². The fourth-order valence-corrected chi connectivity index (χ4v) is 3.72. The van der Waals surface area contributed by atoms with Crippen LogP contribution in [-0.4, -0.2) is 39.5 Å². The van der Waals surface area contributed by atoms with Crippen LogP contribution in [0.3, 0.4) is 0 Å². The number of nitrogens with two attached hydrogens (primary N) is 1. The van der Waals surface area contributed by atoms with Crippen molar-refractivity contribution < 1.29 is 17.6 Å². The van der Waals surface area contributed by atoms with Gasteiger partial charge in [0, 0.05) is 26.3 Å². The first-order valence-electron chi connectivity index (χ1n) is 5.29. The van der Waals surface area contributed by atoms with Gasteiger partial charge in [-0.15, -0.1) is 0 Å². The van der Waals surface area contributed by atoms with Gasteiger partial charge >= 0.3 is 0 Å². The Kier molecular flexibility index (Phi) is 5.35. The van der Waals surface area contributed by atoms with Crippen LogP contribution >= 0.6 is 15.9 Å². The lowest BCUT2D eigenvalue weighted by molar-refractivity contribution is 0.149. The minimum absolute atomic E-state index is 0.0772. The second-order valence-corrected chi connectivity index (χ2v) is 6.57. The van der Waals surface area contributed by atoms with Crippen molar-refractivity contribution in [2.45, 2.75) is 24.4 Å². The van der Waals surface area contributed by atoms with Gasteiger partial charge in [0.05, 0.1) is 13.2 Å². The zero-order valence-corrected chi connectivity index (χ0v) is 12.9. The molecule has 8 heteroatoms. The van der Waals surface area contributed by atoms with Gasteiger partial charge < -0.3 is 14.9 Å². The van der Waals surface area contributed by atoms with Crippen LogP contribution < -0.4 is 5.73 Å². The number of rotatable bonds is 6. The minimum atomic E-state index is -3.62. The molecule has 6 nitrogen and oxygen atoms in total. The van der Waals surface area contributed by atoms with Gasteiger partial charge in [0.2, 0.25) is 10.0 Å². The fourth-order valence-electron chi connectivity index (χ4n) is 1.41. The molecule has 0 aliphatic heterocycles. The second kappa shape index (κ2) is 6.16. The number of ether oxygens (including phenoxy) is 1. The summed E-state index contributed by atoms with van der Waals surface area (Å²) in [7, 11) is -0.598. The van der Waals surface area contributed by atoms with Crippen molar-refractivity contribution >= 4 is 26.0 Å². The van der Waals surface area contributed by atoms with E-state index in [4.69, 9.17) is 14.9 Å². The molecule has 2 N–H and O–H groups in total. The zero-order valence-electron chi connectivity index (χ0n) is 10.5. The maximum atomic E-state index is 12.3. The number of hydrogen-bond donors (Lipinski definition) is 1. The van der Waals surface area contributed by atoms with Crippen LogP contribution in [0, 0.1) is 0 Å². The Hall–Kier alpha value is -0.410. The molecule has 0 amide bonds. The van der Waals surface area contributed by atoms with Crippen molar-refractivity contribution in [2.24, 2.45) is 5.73 Å². The molecule has 1 aromatic heterocycles. The van der Waals surface area contributed by atoms with E-state index in [2.05, 4.69) is 15.9 Å². The summed E-state index contributed by atoms with van der Waals surface area (Å²) in [5.74, 6) is 0.410. The molecule has 0 fully saturated rings. The van der Waals surface area contributed by atoms with E-state index in [-0.39, 0.29) is 22.2 Å². The monoisotopic (exact) mass is 340 g/mol. The third-order valence-electron chi connectivity index (χ3n) is 2.59. The van der Waals surface area contributed by atoms with E-state index in [1.165, 1.54) is 24.5 Å². The third-order valence-corrected chi connectivity index (χ3v) is 5.42. The predicted octanol–water partition coefficient (Wildman–Crippen LogP) is 1.16. The largest absolute Gasteiger partial charge is 0.452 e. The summed E-state index contributed by atoms with van der Waals surface area (Å²) < 4.78 is 36.2. The summed E-state index contributed by atoms with van der Waals surface area (Å²) >= 11 is 3.09. The molecule has 0 aromatic carbocycles. The number of likely N-dealkylation sites (N-methyl/N-ethyl adjacent to an activating group) is 1. The minimum Gasteiger partial charge on any atom is -0.452 e. The van der Waals surface area contributed by atoms with E-state index in [1.54, 1.807) is 6.92 Å². The number of methoxy groups -OCH3 is 1. The molecule has 1 unspecified atom stereocenters. The van der Waals surface area contributed by atoms with Gasteiger partial charge in [0.1, 0.15) is 10.7 Å². The molecular formula is C10H17BrN2O4S. The Morgan fingerprint density at radius 1 is 1.61 bits per heavy atom. The van der Waals surface area contributed by atoms with Crippen molar-refractivity contribution in [1.29, 1.82) is 0 Å². The molecule has 1 heterocycles. The van der Waals surface area contributed by atoms with Crippen LogP contribution in [0.5, 0.6) is 0 Å². The molecular weight excluding hydrogens is 324 g/mol. The van der Waals surface area contributed by atoms with Gasteiger partial charge in [-0.3, -0.25) is 0 Å². The molecule has 1 rings (SSSR count). The molecule has 0 aliphatic carbocycles. The first-order chi connectivity index (χ1) is 8.34. The highest BCUT2D eigenvalue weighted by Gasteiger charge is 2.29. The van der Waals surface area contributed by atoms with Gasteiger partial charge in [0.15, 0.2) is 4.67 Å². The lowest BCUT2D eigenvalue weighted by Gasteiger charge is -2.22. The third kappa shape index (κ3) is 3.12. The lowest BCUT2D eigenvalue weighted by Crippen LogP contribution is -2.37. The smallest absolute Gasteiger partial charge is 0.247 e. The molecule has 1 aromatic rings. The summed E-state index contributed by atoms with van der Waals surface area (Å²) in [6.45, 7) is 2.22. The highest BCUT2D eigenvalue weighted by molar-refractivity contribution is 9.10. The summed E-state index contributed by atoms with van der Waals surface area (Å²) in [4.78, 5) is 0.0772. The molecule has 0 saturated carbocycles. The van der Waals surface area contributed by atoms with Crippen molar-refractivity contribution in [3.05, 3.63) is 16.5 Å². The first kappa shape index (κ1) is 15.6. The number of sulfonamides is 1. The number of hydrogen-bond acceptors (Lipinski definition) is 5. The average Bonchev–Trinajstić information content (AvgIpc) is 2.70. The number of halogens is 1. The second-order valence-electron chi connectivity index (χ2n) is 3.88. The highest BCUT2D eigenvalue weighted by atomic mass is 79.9. The van der Waals surface area contributed by atoms with E-state index in [0.717, 1.165) is 0 Å². The predicted molar refractivity (Wildman–Crippen MR) is 70.6 cm³/mol. The highest BCUT2D eigenvalue weighted by Crippen LogP contribution is 2.28. The van der Waals surface area contributed by atoms with Crippen LogP contribution in [0.2, 0.25) is 0 Å². The van der Waals surface area contributed by atoms with Crippen molar-refractivity contribution in [2.75, 3.05) is 20.8 Å². The van der Waals surface area contributed by atoms with Crippen molar-refractivity contribution in [1.82, 2.24) is 4.31 Å². The van der Waals surface area contributed by atoms with Crippen LogP contribution in [0.15, 0.2) is 20.0 Å². The van der Waals surface area contributed by atoms with Gasteiger partial charge in [-0.25, -0.2) is 8.42 Å². The Balaban J connectivity index is 3.08. The van der Waals surface area contributed by atoms with Gasteiger partial charge in [-0.1, -0.05) is 0 Å². The standard InChI is InChI=1S/C10H17BrN2O4S/c1-7(6-16-3)13(2)18(14,15)9-4-8(5-12)17-10(9)11/h4,7H,5-6,12H2,1-3H3. The molecule has 18 heavy (non-hydrogen) atoms. The topological polar surface area (TPSA) is 85.8 Å². The molecule has 0 saturated heterocycles. The summed E-state index contributed by atoms with van der Waals surface area (Å²) in [5.41, 5.74) is 5.42. The average molecular weight is 341 g/mol. The molecule has 1 atom stereocenters. The number of nitrogens with zero attached hydrogens (tertiary/aromatic N) is 1. The van der Waals surface area contributed by atoms with E-state index >= 15 is 0 Å². The molecule has 0 aliphatic rings. The zero-order chi connectivity index (χ0) is 13.9. The van der Waals surface area contributed by atoms with Crippen molar-refractivity contribution in [3.8, 4) is 0 Å². The SMILES string of the molecule is COCC(C)N(C)S(=O)(=O)c1cc(CN)oc1Br. The van der Waals surface area contributed by atoms with Gasteiger partial charge in [-0.2, -0.15) is 4.31 Å². The van der Waals surface area contributed by atoms with Crippen LogP contribution in [0.1, 0.15) is 12.7 Å².